The smallest absolute Gasteiger partial charge is 0.341 e. The number of alkyl halides is 2. The maximum Gasteiger partial charge on any atom is 0.341 e. The van der Waals surface area contributed by atoms with Crippen molar-refractivity contribution in [1.82, 2.24) is 0 Å². The Labute approximate surface area is 154 Å². The van der Waals surface area contributed by atoms with Crippen LogP contribution in [0.2, 0.25) is 0 Å². The fourth-order valence-electron chi connectivity index (χ4n) is 2.16. The summed E-state index contributed by atoms with van der Waals surface area (Å²) in [5, 5.41) is 0. The average molecular weight is 398 g/mol. The van der Waals surface area contributed by atoms with E-state index in [1.807, 2.05) is 0 Å². The lowest BCUT2D eigenvalue weighted by Gasteiger charge is -2.13. The van der Waals surface area contributed by atoms with Gasteiger partial charge in [0, 0.05) is 5.56 Å². The first-order valence-electron chi connectivity index (χ1n) is 7.68. The molecular weight excluding hydrogens is 382 g/mol. The molecule has 0 aromatic heterocycles. The van der Waals surface area contributed by atoms with E-state index in [0.29, 0.717) is 11.3 Å². The lowest BCUT2D eigenvalue weighted by Crippen LogP contribution is -2.24. The number of carbonyl (C=O) groups is 2. The Hall–Kier alpha value is -2.81. The molecular formula is C18H16F2O6S. The van der Waals surface area contributed by atoms with Gasteiger partial charge in [-0.1, -0.05) is 0 Å². The number of sulfone groups is 1. The first-order valence-corrected chi connectivity index (χ1v) is 9.23. The topological polar surface area (TPSA) is 86.7 Å². The van der Waals surface area contributed by atoms with Gasteiger partial charge in [-0.25, -0.2) is 13.2 Å². The van der Waals surface area contributed by atoms with Crippen LogP contribution in [-0.2, 0) is 14.6 Å². The molecule has 9 heteroatoms. The number of carbonyl (C=O) groups excluding carboxylic acids is 2. The summed E-state index contributed by atoms with van der Waals surface area (Å²) in [7, 11) is -3.26. The molecule has 0 amide bonds. The highest BCUT2D eigenvalue weighted by atomic mass is 32.2. The summed E-state index contributed by atoms with van der Waals surface area (Å²) in [5.74, 6) is -4.32. The lowest BCUT2D eigenvalue weighted by atomic mass is 10.1. The van der Waals surface area contributed by atoms with E-state index in [2.05, 4.69) is 0 Å². The quantitative estimate of drug-likeness (QED) is 0.526. The van der Waals surface area contributed by atoms with Gasteiger partial charge in [0.25, 0.3) is 0 Å². The molecule has 1 atom stereocenters. The third kappa shape index (κ3) is 4.68. The number of benzene rings is 2. The second-order valence-corrected chi connectivity index (χ2v) is 7.39. The number of rotatable bonds is 7. The van der Waals surface area contributed by atoms with Crippen molar-refractivity contribution in [3.8, 4) is 5.75 Å². The van der Waals surface area contributed by atoms with Crippen LogP contribution >= 0.6 is 0 Å². The van der Waals surface area contributed by atoms with Crippen molar-refractivity contribution >= 4 is 21.6 Å². The van der Waals surface area contributed by atoms with Crippen molar-refractivity contribution in [3.05, 3.63) is 59.7 Å². The Morgan fingerprint density at radius 2 is 1.44 bits per heavy atom. The van der Waals surface area contributed by atoms with Gasteiger partial charge >= 0.3 is 11.7 Å². The van der Waals surface area contributed by atoms with Gasteiger partial charge in [-0.3, -0.25) is 4.79 Å². The summed E-state index contributed by atoms with van der Waals surface area (Å²) in [5.41, 5.74) is 0.243. The highest BCUT2D eigenvalue weighted by Crippen LogP contribution is 2.19. The highest BCUT2D eigenvalue weighted by Gasteiger charge is 2.27. The summed E-state index contributed by atoms with van der Waals surface area (Å²) >= 11 is 0. The van der Waals surface area contributed by atoms with Gasteiger partial charge < -0.3 is 9.47 Å². The van der Waals surface area contributed by atoms with Gasteiger partial charge in [-0.05, 0) is 55.5 Å². The molecule has 144 valence electrons. The fraction of sp³-hybridized carbons (Fsp3) is 0.222. The van der Waals surface area contributed by atoms with E-state index in [4.69, 9.17) is 9.47 Å². The summed E-state index contributed by atoms with van der Waals surface area (Å²) in [6.07, 6.45) is -1.10. The van der Waals surface area contributed by atoms with Gasteiger partial charge in [-0.15, -0.1) is 0 Å². The molecule has 0 unspecified atom stereocenters. The van der Waals surface area contributed by atoms with Gasteiger partial charge in [-0.2, -0.15) is 8.78 Å². The lowest BCUT2D eigenvalue weighted by molar-refractivity contribution is 0.0318. The van der Waals surface area contributed by atoms with Gasteiger partial charge in [0.05, 0.1) is 17.6 Å². The number of ether oxygens (including phenoxy) is 2. The molecule has 0 heterocycles. The summed E-state index contributed by atoms with van der Waals surface area (Å²) in [4.78, 5) is 23.8. The molecule has 0 radical (unpaired) electrons. The summed E-state index contributed by atoms with van der Waals surface area (Å²) in [6.45, 7) is 1.39. The average Bonchev–Trinajstić information content (AvgIpc) is 2.67. The van der Waals surface area contributed by atoms with Crippen molar-refractivity contribution < 1.29 is 36.3 Å². The number of hydrogen-bond acceptors (Lipinski definition) is 6. The first-order chi connectivity index (χ1) is 12.7. The SMILES string of the molecule is COc1ccc(C(=O)[C@@H](C)OC(=O)c2ccc(S(=O)(=O)C(F)F)cc2)cc1. The van der Waals surface area contributed by atoms with Crippen LogP contribution in [0, 0.1) is 0 Å². The number of ketones is 1. The normalized spacial score (nSPS) is 12.5. The van der Waals surface area contributed by atoms with Crippen molar-refractivity contribution in [2.24, 2.45) is 0 Å². The minimum Gasteiger partial charge on any atom is -0.497 e. The zero-order valence-electron chi connectivity index (χ0n) is 14.4. The van der Waals surface area contributed by atoms with E-state index in [1.165, 1.54) is 26.2 Å². The molecule has 0 spiro atoms. The van der Waals surface area contributed by atoms with E-state index in [-0.39, 0.29) is 5.56 Å². The van der Waals surface area contributed by atoms with Crippen molar-refractivity contribution in [1.29, 1.82) is 0 Å². The number of hydrogen-bond donors (Lipinski definition) is 0. The molecule has 0 N–H and O–H groups in total. The van der Waals surface area contributed by atoms with E-state index < -0.39 is 38.3 Å². The number of esters is 1. The largest absolute Gasteiger partial charge is 0.497 e. The van der Waals surface area contributed by atoms with E-state index >= 15 is 0 Å². The maximum atomic E-state index is 12.5. The second-order valence-electron chi connectivity index (χ2n) is 5.47. The molecule has 27 heavy (non-hydrogen) atoms. The molecule has 0 aliphatic rings. The number of halogens is 2. The monoisotopic (exact) mass is 398 g/mol. The Morgan fingerprint density at radius 3 is 1.93 bits per heavy atom. The number of Topliss-reactive ketones (excluding diaryl/α,β-unsaturated/α-hetero) is 1. The van der Waals surface area contributed by atoms with Crippen LogP contribution in [0.15, 0.2) is 53.4 Å². The maximum absolute atomic E-state index is 12.5. The first kappa shape index (κ1) is 20.5. The van der Waals surface area contributed by atoms with Crippen LogP contribution in [0.25, 0.3) is 0 Å². The van der Waals surface area contributed by atoms with Crippen molar-refractivity contribution in [2.75, 3.05) is 7.11 Å². The molecule has 2 rings (SSSR count). The minimum atomic E-state index is -4.75. The van der Waals surface area contributed by atoms with Gasteiger partial charge in [0.15, 0.2) is 6.10 Å². The van der Waals surface area contributed by atoms with Crippen LogP contribution in [-0.4, -0.2) is 39.1 Å². The molecule has 2 aromatic rings. The third-order valence-corrected chi connectivity index (χ3v) is 5.08. The molecule has 2 aromatic carbocycles. The Morgan fingerprint density at radius 1 is 0.926 bits per heavy atom. The number of methoxy groups -OCH3 is 1. The third-order valence-electron chi connectivity index (χ3n) is 3.68. The molecule has 6 nitrogen and oxygen atoms in total. The van der Waals surface area contributed by atoms with Crippen LogP contribution in [0.4, 0.5) is 8.78 Å². The Bertz CT molecular complexity index is 921. The Balaban J connectivity index is 2.08. The van der Waals surface area contributed by atoms with E-state index in [9.17, 15) is 26.8 Å². The summed E-state index contributed by atoms with van der Waals surface area (Å²) in [6, 6.07) is 10.1. The van der Waals surface area contributed by atoms with Crippen LogP contribution in [0.3, 0.4) is 0 Å². The van der Waals surface area contributed by atoms with Crippen LogP contribution < -0.4 is 4.74 Å². The minimum absolute atomic E-state index is 0.0717. The van der Waals surface area contributed by atoms with Crippen molar-refractivity contribution in [3.63, 3.8) is 0 Å². The van der Waals surface area contributed by atoms with E-state index in [1.54, 1.807) is 12.1 Å². The van der Waals surface area contributed by atoms with Crippen molar-refractivity contribution in [2.45, 2.75) is 23.7 Å². The molecule has 0 saturated heterocycles. The summed E-state index contributed by atoms with van der Waals surface area (Å²) < 4.78 is 57.8. The predicted molar refractivity (Wildman–Crippen MR) is 91.8 cm³/mol. The Kier molecular flexibility index (Phi) is 6.27. The molecule has 0 aliphatic carbocycles. The van der Waals surface area contributed by atoms with Crippen LogP contribution in [0.1, 0.15) is 27.6 Å². The standard InChI is InChI=1S/C18H16F2O6S/c1-11(16(21)12-3-7-14(25-2)8-4-12)26-17(22)13-5-9-15(10-6-13)27(23,24)18(19)20/h3-11,18H,1-2H3/t11-/m1/s1. The predicted octanol–water partition coefficient (Wildman–Crippen LogP) is 3.12. The zero-order valence-corrected chi connectivity index (χ0v) is 15.2. The van der Waals surface area contributed by atoms with E-state index in [0.717, 1.165) is 24.3 Å². The van der Waals surface area contributed by atoms with Gasteiger partial charge in [0.1, 0.15) is 5.75 Å². The molecule has 0 aliphatic heterocycles. The highest BCUT2D eigenvalue weighted by molar-refractivity contribution is 7.91. The molecule has 0 saturated carbocycles. The molecule has 0 fully saturated rings. The zero-order chi connectivity index (χ0) is 20.2. The van der Waals surface area contributed by atoms with Gasteiger partial charge in [0.2, 0.25) is 15.6 Å². The second kappa shape index (κ2) is 8.26. The van der Waals surface area contributed by atoms with Crippen LogP contribution in [0.5, 0.6) is 5.75 Å². The molecule has 0 bridgehead atoms. The fourth-order valence-corrected chi connectivity index (χ4v) is 2.88.